The molecule has 0 unspecified atom stereocenters. The Labute approximate surface area is 102 Å². The van der Waals surface area contributed by atoms with Crippen molar-refractivity contribution in [2.75, 3.05) is 0 Å². The first kappa shape index (κ1) is 12.1. The third-order valence-corrected chi connectivity index (χ3v) is 3.62. The van der Waals surface area contributed by atoms with Gasteiger partial charge in [-0.25, -0.2) is 0 Å². The fourth-order valence-corrected chi connectivity index (χ4v) is 2.23. The van der Waals surface area contributed by atoms with Crippen LogP contribution in [0.3, 0.4) is 0 Å². The van der Waals surface area contributed by atoms with Gasteiger partial charge in [0.05, 0.1) is 5.69 Å². The highest BCUT2D eigenvalue weighted by atomic mass is 16.4. The van der Waals surface area contributed by atoms with Crippen molar-refractivity contribution >= 4 is 5.97 Å². The number of nitrogens with zero attached hydrogens (tertiary/aromatic N) is 1. The minimum absolute atomic E-state index is 0.0422. The van der Waals surface area contributed by atoms with E-state index < -0.39 is 11.4 Å². The SMILES string of the molecule is CC(C)(C)c1cccc(C2(C(=O)O)CCC2)n1. The molecule has 17 heavy (non-hydrogen) atoms. The highest BCUT2D eigenvalue weighted by Crippen LogP contribution is 2.43. The minimum atomic E-state index is -0.734. The van der Waals surface area contributed by atoms with Crippen molar-refractivity contribution in [3.8, 4) is 0 Å². The first-order chi connectivity index (χ1) is 7.86. The van der Waals surface area contributed by atoms with Crippen LogP contribution >= 0.6 is 0 Å². The zero-order valence-electron chi connectivity index (χ0n) is 10.7. The van der Waals surface area contributed by atoms with E-state index >= 15 is 0 Å². The minimum Gasteiger partial charge on any atom is -0.481 e. The molecule has 0 aliphatic heterocycles. The topological polar surface area (TPSA) is 50.2 Å². The summed E-state index contributed by atoms with van der Waals surface area (Å²) < 4.78 is 0. The zero-order chi connectivity index (χ0) is 12.7. The van der Waals surface area contributed by atoms with Crippen LogP contribution in [0.1, 0.15) is 51.4 Å². The Morgan fingerprint density at radius 3 is 2.41 bits per heavy atom. The number of carbonyl (C=O) groups is 1. The lowest BCUT2D eigenvalue weighted by Gasteiger charge is -2.37. The van der Waals surface area contributed by atoms with E-state index in [1.54, 1.807) is 0 Å². The molecule has 0 amide bonds. The molecule has 0 radical (unpaired) electrons. The van der Waals surface area contributed by atoms with Gasteiger partial charge in [0.1, 0.15) is 5.41 Å². The summed E-state index contributed by atoms with van der Waals surface area (Å²) >= 11 is 0. The molecule has 3 nitrogen and oxygen atoms in total. The van der Waals surface area contributed by atoms with E-state index in [1.807, 2.05) is 18.2 Å². The van der Waals surface area contributed by atoms with Gasteiger partial charge in [0.15, 0.2) is 0 Å². The van der Waals surface area contributed by atoms with Crippen molar-refractivity contribution in [1.82, 2.24) is 4.98 Å². The summed E-state index contributed by atoms with van der Waals surface area (Å²) in [6.45, 7) is 6.27. The molecule has 3 heteroatoms. The van der Waals surface area contributed by atoms with Gasteiger partial charge in [-0.2, -0.15) is 0 Å². The summed E-state index contributed by atoms with van der Waals surface area (Å²) in [6, 6.07) is 5.74. The van der Waals surface area contributed by atoms with Gasteiger partial charge in [-0.1, -0.05) is 33.3 Å². The van der Waals surface area contributed by atoms with Gasteiger partial charge in [-0.15, -0.1) is 0 Å². The quantitative estimate of drug-likeness (QED) is 0.854. The van der Waals surface area contributed by atoms with Crippen LogP contribution in [0.2, 0.25) is 0 Å². The molecule has 0 spiro atoms. The van der Waals surface area contributed by atoms with E-state index in [9.17, 15) is 9.90 Å². The van der Waals surface area contributed by atoms with E-state index in [1.165, 1.54) is 0 Å². The maximum Gasteiger partial charge on any atom is 0.315 e. The molecule has 1 aromatic rings. The first-order valence-electron chi connectivity index (χ1n) is 6.08. The normalized spacial score (nSPS) is 18.5. The zero-order valence-corrected chi connectivity index (χ0v) is 10.7. The fraction of sp³-hybridized carbons (Fsp3) is 0.571. The van der Waals surface area contributed by atoms with Crippen molar-refractivity contribution < 1.29 is 9.90 Å². The summed E-state index contributed by atoms with van der Waals surface area (Å²) in [5.41, 5.74) is 0.923. The number of aliphatic carboxylic acids is 1. The van der Waals surface area contributed by atoms with Gasteiger partial charge < -0.3 is 5.11 Å². The number of carboxylic acids is 1. The third kappa shape index (κ3) is 1.94. The maximum absolute atomic E-state index is 11.4. The van der Waals surface area contributed by atoms with Gasteiger partial charge in [-0.05, 0) is 25.0 Å². The molecular formula is C14H19NO2. The number of aromatic nitrogens is 1. The second-order valence-electron chi connectivity index (χ2n) is 5.90. The van der Waals surface area contributed by atoms with E-state index in [4.69, 9.17) is 0 Å². The number of pyridine rings is 1. The highest BCUT2D eigenvalue weighted by molar-refractivity contribution is 5.81. The Balaban J connectivity index is 2.43. The molecule has 0 bridgehead atoms. The van der Waals surface area contributed by atoms with Crippen LogP contribution in [-0.2, 0) is 15.6 Å². The Morgan fingerprint density at radius 1 is 1.35 bits per heavy atom. The van der Waals surface area contributed by atoms with Crippen LogP contribution in [0.15, 0.2) is 18.2 Å². The van der Waals surface area contributed by atoms with E-state index in [0.29, 0.717) is 12.8 Å². The maximum atomic E-state index is 11.4. The summed E-state index contributed by atoms with van der Waals surface area (Å²) in [6.07, 6.45) is 2.40. The molecular weight excluding hydrogens is 214 g/mol. The lowest BCUT2D eigenvalue weighted by atomic mass is 9.66. The predicted molar refractivity (Wildman–Crippen MR) is 66.1 cm³/mol. The van der Waals surface area contributed by atoms with Crippen LogP contribution < -0.4 is 0 Å². The van der Waals surface area contributed by atoms with Gasteiger partial charge in [0, 0.05) is 11.1 Å². The number of rotatable bonds is 2. The van der Waals surface area contributed by atoms with E-state index in [-0.39, 0.29) is 5.41 Å². The lowest BCUT2D eigenvalue weighted by Crippen LogP contribution is -2.43. The largest absolute Gasteiger partial charge is 0.481 e. The second-order valence-corrected chi connectivity index (χ2v) is 5.90. The monoisotopic (exact) mass is 233 g/mol. The summed E-state index contributed by atoms with van der Waals surface area (Å²) in [7, 11) is 0. The highest BCUT2D eigenvalue weighted by Gasteiger charge is 2.47. The number of hydrogen-bond acceptors (Lipinski definition) is 2. The van der Waals surface area contributed by atoms with E-state index in [0.717, 1.165) is 17.8 Å². The third-order valence-electron chi connectivity index (χ3n) is 3.62. The molecule has 1 N–H and O–H groups in total. The summed E-state index contributed by atoms with van der Waals surface area (Å²) in [5.74, 6) is -0.734. The molecule has 2 rings (SSSR count). The standard InChI is InChI=1S/C14H19NO2/c1-13(2,3)10-6-4-7-11(15-10)14(12(16)17)8-5-9-14/h4,6-7H,5,8-9H2,1-3H3,(H,16,17). The van der Waals surface area contributed by atoms with Crippen molar-refractivity contribution in [3.63, 3.8) is 0 Å². The van der Waals surface area contributed by atoms with Gasteiger partial charge in [0.25, 0.3) is 0 Å². The average Bonchev–Trinajstić information content (AvgIpc) is 2.14. The first-order valence-corrected chi connectivity index (χ1v) is 6.08. The van der Waals surface area contributed by atoms with Crippen molar-refractivity contribution in [2.45, 2.75) is 50.9 Å². The number of hydrogen-bond donors (Lipinski definition) is 1. The molecule has 1 heterocycles. The lowest BCUT2D eigenvalue weighted by molar-refractivity contribution is -0.147. The van der Waals surface area contributed by atoms with Crippen LogP contribution in [-0.4, -0.2) is 16.1 Å². The Bertz CT molecular complexity index is 442. The Kier molecular flexibility index (Phi) is 2.72. The van der Waals surface area contributed by atoms with Crippen LogP contribution in [0.4, 0.5) is 0 Å². The Morgan fingerprint density at radius 2 is 2.00 bits per heavy atom. The molecule has 0 atom stereocenters. The van der Waals surface area contributed by atoms with E-state index in [2.05, 4.69) is 25.8 Å². The predicted octanol–water partition coefficient (Wildman–Crippen LogP) is 2.89. The van der Waals surface area contributed by atoms with Gasteiger partial charge in [-0.3, -0.25) is 9.78 Å². The average molecular weight is 233 g/mol. The molecule has 92 valence electrons. The van der Waals surface area contributed by atoms with Crippen LogP contribution in [0, 0.1) is 0 Å². The molecule has 1 aliphatic carbocycles. The van der Waals surface area contributed by atoms with Gasteiger partial charge in [0.2, 0.25) is 0 Å². The van der Waals surface area contributed by atoms with Crippen LogP contribution in [0.25, 0.3) is 0 Å². The fourth-order valence-electron chi connectivity index (χ4n) is 2.23. The number of carboxylic acid groups (broad SMARTS) is 1. The van der Waals surface area contributed by atoms with Crippen LogP contribution in [0.5, 0.6) is 0 Å². The molecule has 1 aromatic heterocycles. The molecule has 0 aromatic carbocycles. The van der Waals surface area contributed by atoms with Crippen molar-refractivity contribution in [2.24, 2.45) is 0 Å². The molecule has 1 saturated carbocycles. The molecule has 1 fully saturated rings. The smallest absolute Gasteiger partial charge is 0.315 e. The summed E-state index contributed by atoms with van der Waals surface area (Å²) in [5, 5.41) is 9.39. The summed E-state index contributed by atoms with van der Waals surface area (Å²) in [4.78, 5) is 16.0. The van der Waals surface area contributed by atoms with Gasteiger partial charge >= 0.3 is 5.97 Å². The van der Waals surface area contributed by atoms with Crippen molar-refractivity contribution in [1.29, 1.82) is 0 Å². The second kappa shape index (κ2) is 3.83. The molecule has 0 saturated heterocycles. The van der Waals surface area contributed by atoms with Crippen molar-refractivity contribution in [3.05, 3.63) is 29.6 Å². The molecule has 1 aliphatic rings. The Hall–Kier alpha value is -1.38.